The predicted octanol–water partition coefficient (Wildman–Crippen LogP) is 0.00490. The molecular weight excluding hydrogens is 286 g/mol. The van der Waals surface area contributed by atoms with Gasteiger partial charge < -0.3 is 19.9 Å². The van der Waals surface area contributed by atoms with Gasteiger partial charge in [-0.3, -0.25) is 14.4 Å². The average Bonchev–Trinajstić information content (AvgIpc) is 2.50. The lowest BCUT2D eigenvalue weighted by Crippen LogP contribution is -2.51. The van der Waals surface area contributed by atoms with Crippen LogP contribution in [-0.2, 0) is 14.4 Å². The first kappa shape index (κ1) is 15.8. The quantitative estimate of drug-likeness (QED) is 0.853. The van der Waals surface area contributed by atoms with E-state index < -0.39 is 12.0 Å². The van der Waals surface area contributed by atoms with Crippen LogP contribution in [0.15, 0.2) is 24.3 Å². The molecule has 0 spiro atoms. The number of ether oxygens (including phenoxy) is 1. The van der Waals surface area contributed by atoms with Crippen molar-refractivity contribution in [2.75, 3.05) is 32.1 Å². The van der Waals surface area contributed by atoms with Gasteiger partial charge in [-0.15, -0.1) is 0 Å². The van der Waals surface area contributed by atoms with E-state index in [1.807, 2.05) is 0 Å². The molecule has 1 aromatic carbocycles. The molecule has 3 amide bonds. The Kier molecular flexibility index (Phi) is 4.65. The van der Waals surface area contributed by atoms with Gasteiger partial charge in [-0.05, 0) is 12.1 Å². The highest BCUT2D eigenvalue weighted by Gasteiger charge is 2.32. The Morgan fingerprint density at radius 1 is 1.32 bits per heavy atom. The van der Waals surface area contributed by atoms with Gasteiger partial charge in [-0.1, -0.05) is 12.1 Å². The molecule has 1 N–H and O–H groups in total. The number of amides is 3. The van der Waals surface area contributed by atoms with Crippen molar-refractivity contribution in [3.05, 3.63) is 24.3 Å². The fourth-order valence-corrected chi connectivity index (χ4v) is 2.10. The van der Waals surface area contributed by atoms with Gasteiger partial charge in [0.05, 0.1) is 18.8 Å². The van der Waals surface area contributed by atoms with E-state index >= 15 is 0 Å². The Morgan fingerprint density at radius 2 is 2.00 bits per heavy atom. The van der Waals surface area contributed by atoms with E-state index in [1.54, 1.807) is 38.4 Å². The van der Waals surface area contributed by atoms with Crippen molar-refractivity contribution in [1.29, 1.82) is 0 Å². The summed E-state index contributed by atoms with van der Waals surface area (Å²) in [5.41, 5.74) is 0.642. The molecule has 1 aliphatic heterocycles. The smallest absolute Gasteiger partial charge is 0.263 e. The number of likely N-dealkylation sites (N-methyl/N-ethyl adjacent to an activating group) is 1. The zero-order valence-corrected chi connectivity index (χ0v) is 12.8. The fraction of sp³-hybridized carbons (Fsp3) is 0.400. The molecular formula is C15H19N3O4. The van der Waals surface area contributed by atoms with Crippen LogP contribution in [-0.4, -0.2) is 55.9 Å². The maximum absolute atomic E-state index is 12.2. The number of benzene rings is 1. The van der Waals surface area contributed by atoms with Gasteiger partial charge in [-0.2, -0.15) is 0 Å². The molecule has 7 nitrogen and oxygen atoms in total. The van der Waals surface area contributed by atoms with Crippen LogP contribution in [0.4, 0.5) is 5.69 Å². The van der Waals surface area contributed by atoms with Gasteiger partial charge in [-0.25, -0.2) is 0 Å². The molecule has 0 radical (unpaired) electrons. The van der Waals surface area contributed by atoms with E-state index in [4.69, 9.17) is 4.74 Å². The number of nitrogens with zero attached hydrogens (tertiary/aromatic N) is 2. The summed E-state index contributed by atoms with van der Waals surface area (Å²) in [6.45, 7) is 1.45. The molecule has 0 unspecified atom stereocenters. The topological polar surface area (TPSA) is 79.0 Å². The zero-order valence-electron chi connectivity index (χ0n) is 12.8. The molecule has 0 aromatic heterocycles. The molecule has 0 aliphatic carbocycles. The molecule has 0 bridgehead atoms. The maximum atomic E-state index is 12.2. The summed E-state index contributed by atoms with van der Waals surface area (Å²) in [5, 5.41) is 2.53. The van der Waals surface area contributed by atoms with Crippen LogP contribution in [0.5, 0.6) is 5.75 Å². The first-order chi connectivity index (χ1) is 10.4. The summed E-state index contributed by atoms with van der Waals surface area (Å²) in [5.74, 6) is -0.329. The number of carbonyl (C=O) groups is 3. The number of rotatable bonds is 3. The maximum Gasteiger partial charge on any atom is 0.263 e. The summed E-state index contributed by atoms with van der Waals surface area (Å²) < 4.78 is 5.64. The Bertz CT molecular complexity index is 600. The van der Waals surface area contributed by atoms with Crippen molar-refractivity contribution in [2.45, 2.75) is 13.0 Å². The van der Waals surface area contributed by atoms with E-state index in [9.17, 15) is 14.4 Å². The lowest BCUT2D eigenvalue weighted by atomic mass is 10.1. The van der Waals surface area contributed by atoms with Gasteiger partial charge in [0.15, 0.2) is 6.10 Å². The van der Waals surface area contributed by atoms with Gasteiger partial charge >= 0.3 is 0 Å². The van der Waals surface area contributed by atoms with Crippen molar-refractivity contribution in [3.8, 4) is 5.75 Å². The minimum absolute atomic E-state index is 0.104. The van der Waals surface area contributed by atoms with Gasteiger partial charge in [0.2, 0.25) is 11.8 Å². The molecule has 1 atom stereocenters. The van der Waals surface area contributed by atoms with Crippen LogP contribution < -0.4 is 15.0 Å². The summed E-state index contributed by atoms with van der Waals surface area (Å²) in [6, 6.07) is 7.04. The highest BCUT2D eigenvalue weighted by molar-refractivity contribution is 5.96. The number of anilines is 1. The highest BCUT2D eigenvalue weighted by Crippen LogP contribution is 2.33. The lowest BCUT2D eigenvalue weighted by Gasteiger charge is -2.33. The van der Waals surface area contributed by atoms with E-state index in [2.05, 4.69) is 5.32 Å². The summed E-state index contributed by atoms with van der Waals surface area (Å²) in [6.07, 6.45) is -0.839. The van der Waals surface area contributed by atoms with Crippen LogP contribution in [0.2, 0.25) is 0 Å². The monoisotopic (exact) mass is 305 g/mol. The van der Waals surface area contributed by atoms with Crippen molar-refractivity contribution >= 4 is 23.4 Å². The first-order valence-electron chi connectivity index (χ1n) is 6.92. The average molecular weight is 305 g/mol. The molecule has 1 heterocycles. The van der Waals surface area contributed by atoms with Crippen LogP contribution >= 0.6 is 0 Å². The van der Waals surface area contributed by atoms with Crippen LogP contribution in [0.3, 0.4) is 0 Å². The van der Waals surface area contributed by atoms with Crippen molar-refractivity contribution in [2.24, 2.45) is 0 Å². The predicted molar refractivity (Wildman–Crippen MR) is 80.6 cm³/mol. The van der Waals surface area contributed by atoms with Gasteiger partial charge in [0, 0.05) is 21.0 Å². The van der Waals surface area contributed by atoms with Crippen LogP contribution in [0.1, 0.15) is 6.92 Å². The zero-order chi connectivity index (χ0) is 16.3. The lowest BCUT2D eigenvalue weighted by molar-refractivity contribution is -0.133. The second-order valence-corrected chi connectivity index (χ2v) is 5.21. The van der Waals surface area contributed by atoms with E-state index in [-0.39, 0.29) is 24.9 Å². The Morgan fingerprint density at radius 3 is 2.64 bits per heavy atom. The third kappa shape index (κ3) is 3.36. The number of hydrogen-bond acceptors (Lipinski definition) is 4. The highest BCUT2D eigenvalue weighted by atomic mass is 16.5. The Labute approximate surface area is 128 Å². The van der Waals surface area contributed by atoms with E-state index in [1.165, 1.54) is 16.7 Å². The Balaban J connectivity index is 2.09. The molecule has 7 heteroatoms. The SMILES string of the molecule is CC(=O)N1C[C@@H](C(=O)NCC(=O)N(C)C)Oc2ccccc21. The molecule has 2 rings (SSSR count). The number of carbonyl (C=O) groups excluding carboxylic acids is 3. The molecule has 1 aliphatic rings. The molecule has 118 valence electrons. The molecule has 1 aromatic rings. The summed E-state index contributed by atoms with van der Waals surface area (Å²) in [4.78, 5) is 38.3. The van der Waals surface area contributed by atoms with E-state index in [0.717, 1.165) is 0 Å². The molecule has 22 heavy (non-hydrogen) atoms. The number of hydrogen-bond donors (Lipinski definition) is 1. The van der Waals surface area contributed by atoms with Crippen molar-refractivity contribution in [1.82, 2.24) is 10.2 Å². The number of nitrogens with one attached hydrogen (secondary N) is 1. The molecule has 0 saturated heterocycles. The van der Waals surface area contributed by atoms with E-state index in [0.29, 0.717) is 11.4 Å². The first-order valence-corrected chi connectivity index (χ1v) is 6.92. The largest absolute Gasteiger partial charge is 0.477 e. The fourth-order valence-electron chi connectivity index (χ4n) is 2.10. The molecule has 0 fully saturated rings. The second-order valence-electron chi connectivity index (χ2n) is 5.21. The van der Waals surface area contributed by atoms with Crippen molar-refractivity contribution < 1.29 is 19.1 Å². The summed E-state index contributed by atoms with van der Waals surface area (Å²) in [7, 11) is 3.22. The summed E-state index contributed by atoms with van der Waals surface area (Å²) >= 11 is 0. The standard InChI is InChI=1S/C15H19N3O4/c1-10(19)18-9-13(15(21)16-8-14(20)17(2)3)22-12-7-5-4-6-11(12)18/h4-7,13H,8-9H2,1-3H3,(H,16,21)/t13-/m0/s1. The number of fused-ring (bicyclic) bond motifs is 1. The van der Waals surface area contributed by atoms with Crippen LogP contribution in [0.25, 0.3) is 0 Å². The normalized spacial score (nSPS) is 16.3. The minimum Gasteiger partial charge on any atom is -0.477 e. The third-order valence-electron chi connectivity index (χ3n) is 3.36. The van der Waals surface area contributed by atoms with Gasteiger partial charge in [0.1, 0.15) is 5.75 Å². The molecule has 0 saturated carbocycles. The van der Waals surface area contributed by atoms with Crippen molar-refractivity contribution in [3.63, 3.8) is 0 Å². The van der Waals surface area contributed by atoms with Crippen LogP contribution in [0, 0.1) is 0 Å². The number of para-hydroxylation sites is 2. The Hall–Kier alpha value is -2.57. The second kappa shape index (κ2) is 6.46. The minimum atomic E-state index is -0.839. The third-order valence-corrected chi connectivity index (χ3v) is 3.36. The van der Waals surface area contributed by atoms with Gasteiger partial charge in [0.25, 0.3) is 5.91 Å².